The van der Waals surface area contributed by atoms with Gasteiger partial charge >= 0.3 is 6.18 Å². The number of amides is 1. The maximum atomic E-state index is 13.4. The van der Waals surface area contributed by atoms with E-state index in [2.05, 4.69) is 15.3 Å². The molecule has 0 fully saturated rings. The van der Waals surface area contributed by atoms with E-state index in [1.54, 1.807) is 32.2 Å². The Morgan fingerprint density at radius 3 is 2.44 bits per heavy atom. The number of benzene rings is 2. The lowest BCUT2D eigenvalue weighted by molar-refractivity contribution is -0.147. The predicted molar refractivity (Wildman–Crippen MR) is 116 cm³/mol. The van der Waals surface area contributed by atoms with E-state index in [1.807, 2.05) is 29.8 Å². The molecule has 4 aromatic rings. The fourth-order valence-electron chi connectivity index (χ4n) is 3.63. The van der Waals surface area contributed by atoms with Crippen LogP contribution in [0.3, 0.4) is 0 Å². The summed E-state index contributed by atoms with van der Waals surface area (Å²) in [7, 11) is 0. The Labute approximate surface area is 182 Å². The Bertz CT molecular complexity index is 1270. The molecular weight excluding hydrogens is 419 g/mol. The summed E-state index contributed by atoms with van der Waals surface area (Å²) in [6.45, 7) is 5.91. The molecule has 2 heterocycles. The van der Waals surface area contributed by atoms with Gasteiger partial charge in [0.25, 0.3) is 5.91 Å². The summed E-state index contributed by atoms with van der Waals surface area (Å²) in [5.41, 5.74) is 2.33. The highest BCUT2D eigenvalue weighted by atomic mass is 19.4. The third-order valence-electron chi connectivity index (χ3n) is 5.21. The molecule has 1 amide bonds. The van der Waals surface area contributed by atoms with Crippen molar-refractivity contribution in [3.05, 3.63) is 77.6 Å². The van der Waals surface area contributed by atoms with E-state index >= 15 is 0 Å². The molecule has 166 valence electrons. The summed E-state index contributed by atoms with van der Waals surface area (Å²) < 4.78 is 43.3. The summed E-state index contributed by atoms with van der Waals surface area (Å²) in [5, 5.41) is 2.78. The third kappa shape index (κ3) is 4.23. The minimum Gasteiger partial charge on any atom is -0.331 e. The van der Waals surface area contributed by atoms with Crippen LogP contribution in [0.1, 0.15) is 47.5 Å². The molecule has 4 rings (SSSR count). The number of fused-ring (bicyclic) bond motifs is 1. The number of nitrogens with zero attached hydrogens (tertiary/aromatic N) is 4. The van der Waals surface area contributed by atoms with Crippen LogP contribution in [-0.2, 0) is 12.7 Å². The number of rotatable bonds is 5. The number of hydrogen-bond acceptors (Lipinski definition) is 3. The predicted octanol–water partition coefficient (Wildman–Crippen LogP) is 5.44. The van der Waals surface area contributed by atoms with Crippen LogP contribution in [0.5, 0.6) is 0 Å². The normalized spacial score (nSPS) is 12.0. The van der Waals surface area contributed by atoms with Crippen molar-refractivity contribution in [1.29, 1.82) is 0 Å². The summed E-state index contributed by atoms with van der Waals surface area (Å²) in [6.07, 6.45) is -0.947. The number of halogens is 3. The molecule has 0 bridgehead atoms. The molecule has 1 N–H and O–H groups in total. The topological polar surface area (TPSA) is 64.7 Å². The fraction of sp³-hybridized carbons (Fsp3) is 0.261. The highest BCUT2D eigenvalue weighted by Gasteiger charge is 2.38. The van der Waals surface area contributed by atoms with Gasteiger partial charge in [-0.1, -0.05) is 12.1 Å². The first-order chi connectivity index (χ1) is 15.1. The van der Waals surface area contributed by atoms with Crippen LogP contribution in [0.2, 0.25) is 0 Å². The van der Waals surface area contributed by atoms with Crippen LogP contribution < -0.4 is 5.32 Å². The summed E-state index contributed by atoms with van der Waals surface area (Å²) in [6, 6.07) is 11.3. The smallest absolute Gasteiger partial charge is 0.331 e. The van der Waals surface area contributed by atoms with Gasteiger partial charge in [-0.25, -0.2) is 9.97 Å². The Morgan fingerprint density at radius 1 is 1.12 bits per heavy atom. The molecule has 0 aliphatic carbocycles. The summed E-state index contributed by atoms with van der Waals surface area (Å²) in [4.78, 5) is 20.6. The molecule has 0 saturated heterocycles. The van der Waals surface area contributed by atoms with E-state index in [4.69, 9.17) is 0 Å². The van der Waals surface area contributed by atoms with E-state index in [0.29, 0.717) is 17.7 Å². The van der Waals surface area contributed by atoms with Crippen LogP contribution in [-0.4, -0.2) is 25.0 Å². The first kappa shape index (κ1) is 21.6. The van der Waals surface area contributed by atoms with Gasteiger partial charge in [0.1, 0.15) is 5.82 Å². The molecule has 2 aromatic heterocycles. The van der Waals surface area contributed by atoms with Crippen molar-refractivity contribution >= 4 is 22.6 Å². The molecule has 0 aliphatic rings. The van der Waals surface area contributed by atoms with Gasteiger partial charge in [0.15, 0.2) is 0 Å². The Morgan fingerprint density at radius 2 is 1.84 bits per heavy atom. The zero-order valence-electron chi connectivity index (χ0n) is 17.8. The molecule has 0 radical (unpaired) electrons. The van der Waals surface area contributed by atoms with Crippen molar-refractivity contribution in [2.24, 2.45) is 0 Å². The van der Waals surface area contributed by atoms with E-state index in [-0.39, 0.29) is 11.1 Å². The maximum absolute atomic E-state index is 13.4. The minimum absolute atomic E-state index is 0.129. The maximum Gasteiger partial charge on any atom is 0.449 e. The van der Waals surface area contributed by atoms with Crippen molar-refractivity contribution in [3.63, 3.8) is 0 Å². The summed E-state index contributed by atoms with van der Waals surface area (Å²) in [5.74, 6) is -0.479. The molecule has 0 aliphatic heterocycles. The fourth-order valence-corrected chi connectivity index (χ4v) is 3.63. The van der Waals surface area contributed by atoms with Gasteiger partial charge in [0.2, 0.25) is 5.82 Å². The van der Waals surface area contributed by atoms with Crippen LogP contribution >= 0.6 is 0 Å². The second kappa shape index (κ2) is 8.14. The second-order valence-corrected chi connectivity index (χ2v) is 7.85. The second-order valence-electron chi connectivity index (χ2n) is 7.85. The number of carbonyl (C=O) groups excluding carboxylic acids is 1. The number of imidazole rings is 2. The van der Waals surface area contributed by atoms with Crippen molar-refractivity contribution in [2.45, 2.75) is 39.5 Å². The quantitative estimate of drug-likeness (QED) is 0.448. The molecule has 9 heteroatoms. The Hall–Kier alpha value is -3.62. The van der Waals surface area contributed by atoms with Crippen molar-refractivity contribution in [2.75, 3.05) is 5.32 Å². The molecule has 0 spiro atoms. The summed E-state index contributed by atoms with van der Waals surface area (Å²) >= 11 is 0. The van der Waals surface area contributed by atoms with E-state index in [0.717, 1.165) is 16.0 Å². The van der Waals surface area contributed by atoms with Crippen LogP contribution in [0.15, 0.2) is 54.9 Å². The van der Waals surface area contributed by atoms with Gasteiger partial charge in [0.05, 0.1) is 11.0 Å². The first-order valence-electron chi connectivity index (χ1n) is 10.1. The van der Waals surface area contributed by atoms with Crippen molar-refractivity contribution in [3.8, 4) is 0 Å². The first-order valence-corrected chi connectivity index (χ1v) is 10.1. The third-order valence-corrected chi connectivity index (χ3v) is 5.21. The highest BCUT2D eigenvalue weighted by Crippen LogP contribution is 2.34. The van der Waals surface area contributed by atoms with Crippen molar-refractivity contribution in [1.82, 2.24) is 19.1 Å². The lowest BCUT2D eigenvalue weighted by Gasteiger charge is -2.14. The highest BCUT2D eigenvalue weighted by molar-refractivity contribution is 6.06. The van der Waals surface area contributed by atoms with Gasteiger partial charge in [-0.3, -0.25) is 4.79 Å². The largest absolute Gasteiger partial charge is 0.449 e. The number of nitrogens with one attached hydrogen (secondary N) is 1. The van der Waals surface area contributed by atoms with E-state index < -0.39 is 23.9 Å². The number of aryl methyl sites for hydroxylation is 1. The minimum atomic E-state index is -4.58. The average Bonchev–Trinajstić information content (AvgIpc) is 3.32. The molecule has 0 atom stereocenters. The lowest BCUT2D eigenvalue weighted by Crippen LogP contribution is -2.16. The van der Waals surface area contributed by atoms with Gasteiger partial charge in [-0.15, -0.1) is 0 Å². The number of hydrogen-bond donors (Lipinski definition) is 1. The Kier molecular flexibility index (Phi) is 5.50. The van der Waals surface area contributed by atoms with Crippen LogP contribution in [0.25, 0.3) is 11.0 Å². The molecule has 6 nitrogen and oxygen atoms in total. The number of carbonyl (C=O) groups is 1. The molecule has 0 saturated carbocycles. The number of anilines is 1. The zero-order valence-corrected chi connectivity index (χ0v) is 17.8. The van der Waals surface area contributed by atoms with Gasteiger partial charge in [0, 0.05) is 36.2 Å². The van der Waals surface area contributed by atoms with Gasteiger partial charge in [-0.05, 0) is 56.7 Å². The molecule has 0 unspecified atom stereocenters. The molecule has 32 heavy (non-hydrogen) atoms. The lowest BCUT2D eigenvalue weighted by atomic mass is 10.1. The monoisotopic (exact) mass is 441 g/mol. The van der Waals surface area contributed by atoms with Gasteiger partial charge in [-0.2, -0.15) is 13.2 Å². The van der Waals surface area contributed by atoms with E-state index in [1.165, 1.54) is 18.2 Å². The number of alkyl halides is 3. The SMILES string of the molecule is Cc1nccn1Cc1ccc(NC(=O)c2ccc3c(c2)nc(C(F)(F)F)n3C(C)C)cc1. The number of aromatic nitrogens is 4. The average molecular weight is 441 g/mol. The van der Waals surface area contributed by atoms with Crippen LogP contribution in [0.4, 0.5) is 18.9 Å². The van der Waals surface area contributed by atoms with E-state index in [9.17, 15) is 18.0 Å². The molecule has 2 aromatic carbocycles. The van der Waals surface area contributed by atoms with Gasteiger partial charge < -0.3 is 14.5 Å². The zero-order chi connectivity index (χ0) is 23.0. The standard InChI is InChI=1S/C23H22F3N5O/c1-14(2)31-20-9-6-17(12-19(20)29-22(31)23(24,25)26)21(32)28-18-7-4-16(5-8-18)13-30-11-10-27-15(30)3/h4-12,14H,13H2,1-3H3,(H,28,32). The van der Waals surface area contributed by atoms with Crippen molar-refractivity contribution < 1.29 is 18.0 Å². The Balaban J connectivity index is 1.54. The molecular formula is C23H22F3N5O. The van der Waals surface area contributed by atoms with Crippen LogP contribution in [0, 0.1) is 6.92 Å².